The molecule has 36 atom stereocenters. The Bertz CT molecular complexity index is 2780. The summed E-state index contributed by atoms with van der Waals surface area (Å²) in [5, 5.41) is 67.7. The maximum absolute atomic E-state index is 11.7. The lowest BCUT2D eigenvalue weighted by atomic mass is 9.94. The zero-order chi connectivity index (χ0) is 75.2. The van der Waals surface area contributed by atoms with Crippen LogP contribution in [0.25, 0.3) is 0 Å². The third kappa shape index (κ3) is 18.9. The Morgan fingerprint density at radius 1 is 0.333 bits per heavy atom. The Morgan fingerprint density at radius 3 is 1.10 bits per heavy atom. The third-order valence-electron chi connectivity index (χ3n) is 20.5. The standard InChI is InChI=1S/C70H110O35/c1-33-47(80-5)55(81-6)54(41(92-33)31-90-27-34-21-17-15-18-22-34)105-70-63(89-14)59(85-10)53(40(98-70)30-79-4)104-69-62(88-13)58(84-9)52(39(97-69)29-78-3)103-68-61(87-12)57(83-8)51(38(96-68)28-77-2)102-67-60(86-11)56(82-7)50(37(26-72)94-67)101-65-45(75)43(73)48(36(25-71)93-65)100-66-46(76)44(74)49-42(95-66)32-91-64(99-49)35-23-19-16-20-24-35/h15-24,33,36-76H,25-32H2,1-14H3/t33-,36?,37?,38?,39+,40+,41?,42?,43?,44?,45?,46?,47?,48+,49+,50-,51-,52+,53+,54-,55+,56-,57-,58?,59?,60?,61?,62?,63?,64?,65+,66+,67-,68-,69+,70+/m0/s1. The molecule has 0 aliphatic carbocycles. The molecule has 8 aliphatic heterocycles. The van der Waals surface area contributed by atoms with Crippen molar-refractivity contribution in [3.8, 4) is 0 Å². The number of rotatable bonds is 35. The first-order chi connectivity index (χ1) is 51.0. The zero-order valence-electron chi connectivity index (χ0n) is 61.7. The third-order valence-corrected chi connectivity index (χ3v) is 20.5. The summed E-state index contributed by atoms with van der Waals surface area (Å²) in [5.41, 5.74) is 1.67. The van der Waals surface area contributed by atoms with E-state index in [1.54, 1.807) is 38.5 Å². The van der Waals surface area contributed by atoms with Crippen molar-refractivity contribution in [2.75, 3.05) is 139 Å². The molecular formula is C70H110O35. The van der Waals surface area contributed by atoms with Gasteiger partial charge in [0.05, 0.1) is 59.0 Å². The average molecular weight is 1510 g/mol. The van der Waals surface area contributed by atoms with Gasteiger partial charge in [-0.05, 0) is 12.5 Å². The van der Waals surface area contributed by atoms with Gasteiger partial charge in [0.2, 0.25) is 0 Å². The quantitative estimate of drug-likeness (QED) is 0.0447. The van der Waals surface area contributed by atoms with Gasteiger partial charge < -0.3 is 168 Å². The molecule has 10 rings (SSSR count). The van der Waals surface area contributed by atoms with Gasteiger partial charge in [-0.2, -0.15) is 0 Å². The van der Waals surface area contributed by atoms with Crippen molar-refractivity contribution < 1.29 is 168 Å². The lowest BCUT2D eigenvalue weighted by Gasteiger charge is -2.52. The zero-order valence-corrected chi connectivity index (χ0v) is 61.7. The topological polar surface area (TPSA) is 389 Å². The van der Waals surface area contributed by atoms with Crippen molar-refractivity contribution in [3.05, 3.63) is 71.8 Å². The molecule has 8 fully saturated rings. The predicted octanol–water partition coefficient (Wildman–Crippen LogP) is -1.72. The number of aliphatic hydroxyl groups is 6. The first-order valence-electron chi connectivity index (χ1n) is 35.1. The van der Waals surface area contributed by atoms with Crippen LogP contribution < -0.4 is 0 Å². The van der Waals surface area contributed by atoms with Crippen molar-refractivity contribution in [1.29, 1.82) is 0 Å². The Labute approximate surface area is 611 Å². The summed E-state index contributed by atoms with van der Waals surface area (Å²) >= 11 is 0. The van der Waals surface area contributed by atoms with E-state index in [1.807, 2.05) is 43.3 Å². The maximum Gasteiger partial charge on any atom is 0.187 e. The van der Waals surface area contributed by atoms with E-state index in [4.69, 9.17) is 137 Å². The lowest BCUT2D eigenvalue weighted by Crippen LogP contribution is -2.69. The number of ether oxygens (including phenoxy) is 29. The van der Waals surface area contributed by atoms with Gasteiger partial charge in [-0.3, -0.25) is 0 Å². The molecule has 6 N–H and O–H groups in total. The first kappa shape index (κ1) is 84.5. The van der Waals surface area contributed by atoms with Crippen LogP contribution >= 0.6 is 0 Å². The van der Waals surface area contributed by atoms with Gasteiger partial charge in [-0.15, -0.1) is 0 Å². The summed E-state index contributed by atoms with van der Waals surface area (Å²) in [6.07, 6.45) is -41.5. The predicted molar refractivity (Wildman–Crippen MR) is 353 cm³/mol. The van der Waals surface area contributed by atoms with Gasteiger partial charge in [0.15, 0.2) is 44.0 Å². The fraction of sp³-hybridized carbons (Fsp3) is 0.829. The Kier molecular flexibility index (Phi) is 32.6. The molecule has 17 unspecified atom stereocenters. The summed E-state index contributed by atoms with van der Waals surface area (Å²) < 4.78 is 182. The van der Waals surface area contributed by atoms with E-state index in [1.165, 1.54) is 78.2 Å². The molecular weight excluding hydrogens is 1400 g/mol. The second-order valence-electron chi connectivity index (χ2n) is 26.6. The van der Waals surface area contributed by atoms with Gasteiger partial charge >= 0.3 is 0 Å². The van der Waals surface area contributed by atoms with E-state index < -0.39 is 234 Å². The molecule has 2 aromatic carbocycles. The highest BCUT2D eigenvalue weighted by Gasteiger charge is 2.61. The highest BCUT2D eigenvalue weighted by Crippen LogP contribution is 2.42. The number of hydrogen-bond donors (Lipinski definition) is 6. The fourth-order valence-corrected chi connectivity index (χ4v) is 15.3. The normalized spacial score (nSPS) is 44.1. The smallest absolute Gasteiger partial charge is 0.187 e. The molecule has 0 saturated carbocycles. The molecule has 35 heteroatoms. The minimum absolute atomic E-state index is 0.0142. The van der Waals surface area contributed by atoms with Crippen LogP contribution in [0, 0.1) is 0 Å². The van der Waals surface area contributed by atoms with Crippen LogP contribution in [-0.2, 0) is 144 Å². The number of aliphatic hydroxyl groups excluding tert-OH is 6. The van der Waals surface area contributed by atoms with Gasteiger partial charge in [-0.25, -0.2) is 0 Å². The van der Waals surface area contributed by atoms with E-state index in [0.29, 0.717) is 12.2 Å². The van der Waals surface area contributed by atoms with Crippen LogP contribution in [-0.4, -0.2) is 384 Å². The summed E-state index contributed by atoms with van der Waals surface area (Å²) in [6, 6.07) is 18.8. The monoisotopic (exact) mass is 1510 g/mol. The number of methoxy groups -OCH3 is 13. The van der Waals surface area contributed by atoms with E-state index in [9.17, 15) is 30.6 Å². The SMILES string of the molecule is COCC1O[C@@H](O[C@H]2C(OC)C(OC)[C@@H](O[C@H]3C(OC)C(OC)[C@@H](O[C@H]4C(COCc5ccccc5)O[C@@H](C)C(OC)[C@H]4OC)O[C@@H]3COC)O[C@@H]2COC)C(OC)[C@@H](OC)[C@H]1O[C@@H]1OC(CO)[C@H](O[C@H]2OC(CO)[C@@H](O[C@H]3OC4COC(c5ccccc5)O[C@H]4C(O)C3O)C(O)C2O)[C@H](OC)C1OC. The van der Waals surface area contributed by atoms with E-state index in [2.05, 4.69) is 0 Å². The van der Waals surface area contributed by atoms with Crippen LogP contribution in [0.1, 0.15) is 24.3 Å². The molecule has 8 heterocycles. The van der Waals surface area contributed by atoms with Gasteiger partial charge in [0.1, 0.15) is 171 Å². The summed E-state index contributed by atoms with van der Waals surface area (Å²) in [7, 11) is 19.2. The summed E-state index contributed by atoms with van der Waals surface area (Å²) in [5.74, 6) is 0. The molecule has 0 spiro atoms. The van der Waals surface area contributed by atoms with Gasteiger partial charge in [-0.1, -0.05) is 60.7 Å². The molecule has 105 heavy (non-hydrogen) atoms. The average Bonchev–Trinajstić information content (AvgIpc) is 0.769. The molecule has 600 valence electrons. The second-order valence-corrected chi connectivity index (χ2v) is 26.6. The molecule has 0 radical (unpaired) electrons. The van der Waals surface area contributed by atoms with Crippen molar-refractivity contribution >= 4 is 0 Å². The number of fused-ring (bicyclic) bond motifs is 1. The summed E-state index contributed by atoms with van der Waals surface area (Å²) in [6.45, 7) is 0.554. The van der Waals surface area contributed by atoms with E-state index in [-0.39, 0.29) is 33.0 Å². The van der Waals surface area contributed by atoms with Crippen molar-refractivity contribution in [2.45, 2.75) is 235 Å². The van der Waals surface area contributed by atoms with Gasteiger partial charge in [0, 0.05) is 98.0 Å². The van der Waals surface area contributed by atoms with E-state index in [0.717, 1.165) is 5.56 Å². The van der Waals surface area contributed by atoms with Crippen LogP contribution in [0.5, 0.6) is 0 Å². The van der Waals surface area contributed by atoms with Gasteiger partial charge in [0.25, 0.3) is 0 Å². The molecule has 35 nitrogen and oxygen atoms in total. The van der Waals surface area contributed by atoms with Crippen molar-refractivity contribution in [1.82, 2.24) is 0 Å². The van der Waals surface area contributed by atoms with Crippen LogP contribution in [0.2, 0.25) is 0 Å². The first-order valence-corrected chi connectivity index (χ1v) is 35.1. The van der Waals surface area contributed by atoms with Crippen LogP contribution in [0.4, 0.5) is 0 Å². The van der Waals surface area contributed by atoms with E-state index >= 15 is 0 Å². The summed E-state index contributed by atoms with van der Waals surface area (Å²) in [4.78, 5) is 0. The Balaban J connectivity index is 0.807. The molecule has 2 aromatic rings. The van der Waals surface area contributed by atoms with Crippen LogP contribution in [0.3, 0.4) is 0 Å². The second kappa shape index (κ2) is 40.5. The molecule has 0 amide bonds. The Morgan fingerprint density at radius 2 is 0.676 bits per heavy atom. The number of hydrogen-bond acceptors (Lipinski definition) is 35. The van der Waals surface area contributed by atoms with Crippen molar-refractivity contribution in [2.24, 2.45) is 0 Å². The highest BCUT2D eigenvalue weighted by molar-refractivity contribution is 5.17. The fourth-order valence-electron chi connectivity index (χ4n) is 15.3. The maximum atomic E-state index is 11.7. The number of benzene rings is 2. The minimum atomic E-state index is -1.92. The Hall–Kier alpha value is -2.96. The molecule has 0 aromatic heterocycles. The molecule has 0 bridgehead atoms. The van der Waals surface area contributed by atoms with Crippen molar-refractivity contribution in [3.63, 3.8) is 0 Å². The molecule has 8 aliphatic rings. The highest BCUT2D eigenvalue weighted by atomic mass is 16.8. The molecule has 8 saturated heterocycles. The minimum Gasteiger partial charge on any atom is -0.394 e. The van der Waals surface area contributed by atoms with Crippen LogP contribution in [0.15, 0.2) is 60.7 Å². The largest absolute Gasteiger partial charge is 0.394 e. The lowest BCUT2D eigenvalue weighted by molar-refractivity contribution is -0.404.